The van der Waals surface area contributed by atoms with Crippen LogP contribution in [0.4, 0.5) is 0 Å². The highest BCUT2D eigenvalue weighted by Gasteiger charge is 2.09. The molecule has 0 spiro atoms. The number of nitrogens with zero attached hydrogens (tertiary/aromatic N) is 6. The molecule has 0 saturated heterocycles. The van der Waals surface area contributed by atoms with Gasteiger partial charge in [-0.25, -0.2) is 0 Å². The second-order valence-corrected chi connectivity index (χ2v) is 3.28. The van der Waals surface area contributed by atoms with E-state index in [1.54, 1.807) is 6.20 Å². The van der Waals surface area contributed by atoms with Crippen molar-refractivity contribution in [3.05, 3.63) is 52.5 Å². The van der Waals surface area contributed by atoms with E-state index < -0.39 is 0 Å². The van der Waals surface area contributed by atoms with Gasteiger partial charge in [0, 0.05) is 16.7 Å². The van der Waals surface area contributed by atoms with Gasteiger partial charge >= 0.3 is 0 Å². The predicted octanol–water partition coefficient (Wildman–Crippen LogP) is 2.69. The lowest BCUT2D eigenvalue weighted by atomic mass is 10.1. The third kappa shape index (κ3) is 2.25. The predicted molar refractivity (Wildman–Crippen MR) is 61.5 cm³/mol. The fraction of sp³-hybridized carbons (Fsp3) is 0.0909. The van der Waals surface area contributed by atoms with Crippen LogP contribution in [0.5, 0.6) is 0 Å². The van der Waals surface area contributed by atoms with Crippen molar-refractivity contribution in [2.75, 3.05) is 0 Å². The highest BCUT2D eigenvalue weighted by molar-refractivity contribution is 5.65. The van der Waals surface area contributed by atoms with Gasteiger partial charge in [-0.1, -0.05) is 35.4 Å². The SMILES string of the molecule is N#Cc1cn(CN=[N+]=[N-])nc1-c1ccccc1. The van der Waals surface area contributed by atoms with E-state index in [9.17, 15) is 0 Å². The van der Waals surface area contributed by atoms with Crippen molar-refractivity contribution in [1.29, 1.82) is 5.26 Å². The van der Waals surface area contributed by atoms with Crippen LogP contribution in [0.25, 0.3) is 21.7 Å². The first-order valence-electron chi connectivity index (χ1n) is 4.89. The number of nitriles is 1. The van der Waals surface area contributed by atoms with Crippen LogP contribution in [0.15, 0.2) is 41.6 Å². The monoisotopic (exact) mass is 224 g/mol. The van der Waals surface area contributed by atoms with Gasteiger partial charge in [0.2, 0.25) is 0 Å². The maximum Gasteiger partial charge on any atom is 0.120 e. The number of aromatic nitrogens is 2. The molecule has 0 atom stereocenters. The Morgan fingerprint density at radius 1 is 1.41 bits per heavy atom. The molecule has 2 rings (SSSR count). The Labute approximate surface area is 97.4 Å². The molecule has 6 nitrogen and oxygen atoms in total. The van der Waals surface area contributed by atoms with Crippen molar-refractivity contribution in [1.82, 2.24) is 9.78 Å². The third-order valence-corrected chi connectivity index (χ3v) is 2.20. The van der Waals surface area contributed by atoms with Crippen LogP contribution in [-0.2, 0) is 6.67 Å². The van der Waals surface area contributed by atoms with Crippen molar-refractivity contribution in [2.24, 2.45) is 5.11 Å². The maximum absolute atomic E-state index is 9.01. The average molecular weight is 224 g/mol. The van der Waals surface area contributed by atoms with Crippen LogP contribution in [0.3, 0.4) is 0 Å². The molecule has 17 heavy (non-hydrogen) atoms. The smallest absolute Gasteiger partial charge is 0.120 e. The molecule has 82 valence electrons. The van der Waals surface area contributed by atoms with E-state index in [0.29, 0.717) is 11.3 Å². The molecule has 0 aliphatic heterocycles. The van der Waals surface area contributed by atoms with E-state index in [2.05, 4.69) is 21.2 Å². The minimum atomic E-state index is 0.0814. The van der Waals surface area contributed by atoms with Gasteiger partial charge in [-0.3, -0.25) is 4.68 Å². The first-order valence-corrected chi connectivity index (χ1v) is 4.89. The molecule has 1 aromatic carbocycles. The quantitative estimate of drug-likeness (QED) is 0.455. The Hall–Kier alpha value is -2.77. The van der Waals surface area contributed by atoms with Gasteiger partial charge in [-0.2, -0.15) is 10.4 Å². The zero-order valence-electron chi connectivity index (χ0n) is 8.85. The lowest BCUT2D eigenvalue weighted by molar-refractivity contribution is 0.637. The number of benzene rings is 1. The van der Waals surface area contributed by atoms with Crippen LogP contribution < -0.4 is 0 Å². The number of hydrogen-bond donors (Lipinski definition) is 0. The molecule has 6 heteroatoms. The molecule has 0 aliphatic carbocycles. The first-order chi connectivity index (χ1) is 8.35. The Bertz CT molecular complexity index is 601. The fourth-order valence-corrected chi connectivity index (χ4v) is 1.48. The van der Waals surface area contributed by atoms with Gasteiger partial charge in [0.15, 0.2) is 0 Å². The molecular formula is C11H8N6. The summed E-state index contributed by atoms with van der Waals surface area (Å²) >= 11 is 0. The molecule has 0 saturated carbocycles. The van der Waals surface area contributed by atoms with Crippen molar-refractivity contribution < 1.29 is 0 Å². The average Bonchev–Trinajstić information content (AvgIpc) is 2.80. The van der Waals surface area contributed by atoms with E-state index >= 15 is 0 Å². The molecule has 0 aliphatic rings. The molecule has 1 aromatic heterocycles. The zero-order chi connectivity index (χ0) is 12.1. The van der Waals surface area contributed by atoms with Gasteiger partial charge in [-0.15, -0.1) is 0 Å². The summed E-state index contributed by atoms with van der Waals surface area (Å²) in [4.78, 5) is 2.65. The van der Waals surface area contributed by atoms with Gasteiger partial charge in [0.05, 0.1) is 5.56 Å². The standard InChI is InChI=1S/C11H8N6/c12-6-10-7-17(8-14-16-13)15-11(10)9-4-2-1-3-5-9/h1-5,7H,8H2. The summed E-state index contributed by atoms with van der Waals surface area (Å²) in [5.41, 5.74) is 10.2. The largest absolute Gasteiger partial charge is 0.265 e. The molecule has 0 amide bonds. The normalized spacial score (nSPS) is 9.35. The van der Waals surface area contributed by atoms with Crippen LogP contribution in [-0.4, -0.2) is 9.78 Å². The Morgan fingerprint density at radius 2 is 2.18 bits per heavy atom. The van der Waals surface area contributed by atoms with Crippen molar-refractivity contribution in [3.8, 4) is 17.3 Å². The molecule has 0 fully saturated rings. The minimum Gasteiger partial charge on any atom is -0.265 e. The van der Waals surface area contributed by atoms with E-state index in [1.807, 2.05) is 30.3 Å². The molecular weight excluding hydrogens is 216 g/mol. The number of hydrogen-bond acceptors (Lipinski definition) is 3. The third-order valence-electron chi connectivity index (χ3n) is 2.20. The first kappa shape index (κ1) is 10.7. The van der Waals surface area contributed by atoms with E-state index in [-0.39, 0.29) is 6.67 Å². The second-order valence-electron chi connectivity index (χ2n) is 3.28. The summed E-state index contributed by atoms with van der Waals surface area (Å²) in [6, 6.07) is 11.5. The molecule has 2 aromatic rings. The van der Waals surface area contributed by atoms with Crippen LogP contribution in [0.1, 0.15) is 5.56 Å². The summed E-state index contributed by atoms with van der Waals surface area (Å²) in [5, 5.41) is 16.6. The van der Waals surface area contributed by atoms with Gasteiger partial charge < -0.3 is 0 Å². The number of azide groups is 1. The highest BCUT2D eigenvalue weighted by atomic mass is 15.3. The topological polar surface area (TPSA) is 90.4 Å². The van der Waals surface area contributed by atoms with E-state index in [0.717, 1.165) is 5.56 Å². The molecule has 0 N–H and O–H groups in total. The van der Waals surface area contributed by atoms with Crippen LogP contribution in [0.2, 0.25) is 0 Å². The number of rotatable bonds is 3. The minimum absolute atomic E-state index is 0.0814. The van der Waals surface area contributed by atoms with Crippen LogP contribution in [0, 0.1) is 11.3 Å². The maximum atomic E-state index is 9.01. The molecule has 1 heterocycles. The van der Waals surface area contributed by atoms with Crippen molar-refractivity contribution in [3.63, 3.8) is 0 Å². The Morgan fingerprint density at radius 3 is 2.82 bits per heavy atom. The van der Waals surface area contributed by atoms with E-state index in [4.69, 9.17) is 10.8 Å². The summed E-state index contributed by atoms with van der Waals surface area (Å²) < 4.78 is 1.45. The van der Waals surface area contributed by atoms with Crippen LogP contribution >= 0.6 is 0 Å². The van der Waals surface area contributed by atoms with Gasteiger partial charge in [-0.05, 0) is 5.53 Å². The van der Waals surface area contributed by atoms with Crippen molar-refractivity contribution >= 4 is 0 Å². The zero-order valence-corrected chi connectivity index (χ0v) is 8.85. The summed E-state index contributed by atoms with van der Waals surface area (Å²) in [5.74, 6) is 0. The van der Waals surface area contributed by atoms with E-state index in [1.165, 1.54) is 4.68 Å². The fourth-order valence-electron chi connectivity index (χ4n) is 1.48. The summed E-state index contributed by atoms with van der Waals surface area (Å²) in [7, 11) is 0. The van der Waals surface area contributed by atoms with Gasteiger partial charge in [0.25, 0.3) is 0 Å². The highest BCUT2D eigenvalue weighted by Crippen LogP contribution is 2.20. The molecule has 0 unspecified atom stereocenters. The lowest BCUT2D eigenvalue weighted by Crippen LogP contribution is -1.94. The molecule has 0 radical (unpaired) electrons. The summed E-state index contributed by atoms with van der Waals surface area (Å²) in [6.07, 6.45) is 1.57. The van der Waals surface area contributed by atoms with Gasteiger partial charge in [0.1, 0.15) is 18.4 Å². The second kappa shape index (κ2) is 4.84. The Kier molecular flexibility index (Phi) is 3.05. The lowest BCUT2D eigenvalue weighted by Gasteiger charge is -1.96. The summed E-state index contributed by atoms with van der Waals surface area (Å²) in [6.45, 7) is 0.0814. The molecule has 0 bridgehead atoms. The van der Waals surface area contributed by atoms with Crippen molar-refractivity contribution in [2.45, 2.75) is 6.67 Å². The Balaban J connectivity index is 2.44.